The number of fused-ring (bicyclic) bond motifs is 1. The third-order valence-electron chi connectivity index (χ3n) is 2.42. The van der Waals surface area contributed by atoms with Crippen LogP contribution in [0.2, 0.25) is 0 Å². The molecule has 80 valence electrons. The van der Waals surface area contributed by atoms with Crippen molar-refractivity contribution in [2.75, 3.05) is 0 Å². The molecule has 15 heavy (non-hydrogen) atoms. The van der Waals surface area contributed by atoms with E-state index in [-0.39, 0.29) is 5.52 Å². The largest absolute Gasteiger partial charge is 0.328 e. The van der Waals surface area contributed by atoms with Crippen LogP contribution in [0.15, 0.2) is 18.5 Å². The number of benzene rings is 1. The number of rotatable bonds is 3. The standard InChI is InChI=1S/C11H12F2N2/c1-2-3-6-15-7-14-9-5-4-8(12)10(13)11(9)15/h4-5,7H,2-3,6H2,1H3. The topological polar surface area (TPSA) is 17.8 Å². The Hall–Kier alpha value is -1.45. The normalized spacial score (nSPS) is 11.1. The van der Waals surface area contributed by atoms with Crippen molar-refractivity contribution in [2.45, 2.75) is 26.3 Å². The number of hydrogen-bond acceptors (Lipinski definition) is 1. The minimum absolute atomic E-state index is 0.267. The van der Waals surface area contributed by atoms with Crippen LogP contribution < -0.4 is 0 Å². The van der Waals surface area contributed by atoms with Gasteiger partial charge >= 0.3 is 0 Å². The second-order valence-corrected chi connectivity index (χ2v) is 3.52. The first kappa shape index (κ1) is 10.1. The summed E-state index contributed by atoms with van der Waals surface area (Å²) in [7, 11) is 0. The molecule has 0 N–H and O–H groups in total. The van der Waals surface area contributed by atoms with Gasteiger partial charge in [-0.1, -0.05) is 13.3 Å². The number of aryl methyl sites for hydroxylation is 1. The molecule has 0 unspecified atom stereocenters. The molecule has 4 heteroatoms. The first-order chi connectivity index (χ1) is 7.24. The molecular formula is C11H12F2N2. The van der Waals surface area contributed by atoms with Crippen LogP contribution in [0.3, 0.4) is 0 Å². The lowest BCUT2D eigenvalue weighted by Crippen LogP contribution is -1.98. The fraction of sp³-hybridized carbons (Fsp3) is 0.364. The van der Waals surface area contributed by atoms with Crippen LogP contribution in [-0.4, -0.2) is 9.55 Å². The van der Waals surface area contributed by atoms with E-state index in [2.05, 4.69) is 11.9 Å². The average Bonchev–Trinajstić information content (AvgIpc) is 2.64. The third-order valence-corrected chi connectivity index (χ3v) is 2.42. The molecule has 0 radical (unpaired) electrons. The van der Waals surface area contributed by atoms with Gasteiger partial charge in [0.15, 0.2) is 11.6 Å². The van der Waals surface area contributed by atoms with Gasteiger partial charge in [-0.2, -0.15) is 0 Å². The number of imidazole rings is 1. The zero-order chi connectivity index (χ0) is 10.8. The van der Waals surface area contributed by atoms with Gasteiger partial charge in [-0.05, 0) is 18.6 Å². The average molecular weight is 210 g/mol. The van der Waals surface area contributed by atoms with Gasteiger partial charge in [0.05, 0.1) is 11.8 Å². The summed E-state index contributed by atoms with van der Waals surface area (Å²) < 4.78 is 28.2. The van der Waals surface area contributed by atoms with Crippen LogP contribution in [0.4, 0.5) is 8.78 Å². The minimum Gasteiger partial charge on any atom is -0.328 e. The highest BCUT2D eigenvalue weighted by Crippen LogP contribution is 2.19. The number of hydrogen-bond donors (Lipinski definition) is 0. The molecule has 2 aromatic rings. The highest BCUT2D eigenvalue weighted by Gasteiger charge is 2.11. The van der Waals surface area contributed by atoms with Gasteiger partial charge in [0.1, 0.15) is 5.52 Å². The Balaban J connectivity index is 2.51. The highest BCUT2D eigenvalue weighted by molar-refractivity contribution is 5.75. The SMILES string of the molecule is CCCCn1cnc2ccc(F)c(F)c21. The molecule has 0 saturated heterocycles. The van der Waals surface area contributed by atoms with E-state index in [0.717, 1.165) is 18.9 Å². The summed E-state index contributed by atoms with van der Waals surface area (Å²) >= 11 is 0. The van der Waals surface area contributed by atoms with E-state index < -0.39 is 11.6 Å². The Labute approximate surface area is 86.5 Å². The quantitative estimate of drug-likeness (QED) is 0.761. The van der Waals surface area contributed by atoms with Gasteiger partial charge in [-0.3, -0.25) is 0 Å². The van der Waals surface area contributed by atoms with Crippen LogP contribution in [0.5, 0.6) is 0 Å². The second-order valence-electron chi connectivity index (χ2n) is 3.52. The van der Waals surface area contributed by atoms with Gasteiger partial charge < -0.3 is 4.57 Å². The minimum atomic E-state index is -0.819. The van der Waals surface area contributed by atoms with Crippen LogP contribution in [0, 0.1) is 11.6 Å². The van der Waals surface area contributed by atoms with Gasteiger partial charge in [0.25, 0.3) is 0 Å². The van der Waals surface area contributed by atoms with Gasteiger partial charge in [-0.25, -0.2) is 13.8 Å². The zero-order valence-corrected chi connectivity index (χ0v) is 8.50. The maximum absolute atomic E-state index is 13.5. The van der Waals surface area contributed by atoms with Crippen molar-refractivity contribution in [1.29, 1.82) is 0 Å². The summed E-state index contributed by atoms with van der Waals surface area (Å²) in [6.45, 7) is 2.73. The molecular weight excluding hydrogens is 198 g/mol. The molecule has 0 aliphatic rings. The second kappa shape index (κ2) is 3.96. The molecule has 1 heterocycles. The predicted octanol–water partition coefficient (Wildman–Crippen LogP) is 3.11. The molecule has 0 aliphatic heterocycles. The molecule has 0 atom stereocenters. The van der Waals surface area contributed by atoms with E-state index >= 15 is 0 Å². The summed E-state index contributed by atoms with van der Waals surface area (Å²) in [6, 6.07) is 2.60. The Morgan fingerprint density at radius 2 is 2.13 bits per heavy atom. The Kier molecular flexibility index (Phi) is 2.66. The van der Waals surface area contributed by atoms with Crippen molar-refractivity contribution in [2.24, 2.45) is 0 Å². The fourth-order valence-corrected chi connectivity index (χ4v) is 1.59. The lowest BCUT2D eigenvalue weighted by atomic mass is 10.2. The first-order valence-electron chi connectivity index (χ1n) is 5.03. The van der Waals surface area contributed by atoms with Gasteiger partial charge in [0, 0.05) is 6.54 Å². The Bertz CT molecular complexity index is 477. The zero-order valence-electron chi connectivity index (χ0n) is 8.50. The van der Waals surface area contributed by atoms with E-state index in [0.29, 0.717) is 12.1 Å². The van der Waals surface area contributed by atoms with Crippen LogP contribution >= 0.6 is 0 Å². The van der Waals surface area contributed by atoms with Crippen LogP contribution in [-0.2, 0) is 6.54 Å². The number of unbranched alkanes of at least 4 members (excludes halogenated alkanes) is 1. The van der Waals surface area contributed by atoms with E-state index in [1.54, 1.807) is 10.9 Å². The monoisotopic (exact) mass is 210 g/mol. The lowest BCUT2D eigenvalue weighted by molar-refractivity contribution is 0.509. The van der Waals surface area contributed by atoms with Gasteiger partial charge in [0.2, 0.25) is 0 Å². The summed E-state index contributed by atoms with van der Waals surface area (Å²) in [5, 5.41) is 0. The summed E-state index contributed by atoms with van der Waals surface area (Å²) in [6.07, 6.45) is 3.50. The Morgan fingerprint density at radius 1 is 1.33 bits per heavy atom. The molecule has 0 fully saturated rings. The van der Waals surface area contributed by atoms with E-state index in [9.17, 15) is 8.78 Å². The van der Waals surface area contributed by atoms with Crippen molar-refractivity contribution < 1.29 is 8.78 Å². The smallest absolute Gasteiger partial charge is 0.184 e. The van der Waals surface area contributed by atoms with E-state index in [1.165, 1.54) is 6.07 Å². The molecule has 0 bridgehead atoms. The number of nitrogens with zero attached hydrogens (tertiary/aromatic N) is 2. The van der Waals surface area contributed by atoms with Crippen molar-refractivity contribution in [3.63, 3.8) is 0 Å². The molecule has 0 aliphatic carbocycles. The summed E-state index contributed by atoms with van der Waals surface area (Å²) in [5.41, 5.74) is 0.772. The summed E-state index contributed by atoms with van der Waals surface area (Å²) in [4.78, 5) is 4.03. The molecule has 2 nitrogen and oxygen atoms in total. The predicted molar refractivity (Wildman–Crippen MR) is 54.6 cm³/mol. The first-order valence-corrected chi connectivity index (χ1v) is 5.03. The van der Waals surface area contributed by atoms with Crippen molar-refractivity contribution in [3.05, 3.63) is 30.1 Å². The van der Waals surface area contributed by atoms with Crippen molar-refractivity contribution in [1.82, 2.24) is 9.55 Å². The van der Waals surface area contributed by atoms with E-state index in [4.69, 9.17) is 0 Å². The molecule has 1 aromatic heterocycles. The molecule has 1 aromatic carbocycles. The molecule has 2 rings (SSSR count). The van der Waals surface area contributed by atoms with Crippen LogP contribution in [0.25, 0.3) is 11.0 Å². The molecule has 0 spiro atoms. The lowest BCUT2D eigenvalue weighted by Gasteiger charge is -2.03. The fourth-order valence-electron chi connectivity index (χ4n) is 1.59. The number of aromatic nitrogens is 2. The highest BCUT2D eigenvalue weighted by atomic mass is 19.2. The molecule has 0 amide bonds. The Morgan fingerprint density at radius 3 is 2.87 bits per heavy atom. The van der Waals surface area contributed by atoms with Gasteiger partial charge in [-0.15, -0.1) is 0 Å². The maximum atomic E-state index is 13.5. The molecule has 0 saturated carbocycles. The van der Waals surface area contributed by atoms with Crippen molar-refractivity contribution in [3.8, 4) is 0 Å². The maximum Gasteiger partial charge on any atom is 0.184 e. The summed E-state index contributed by atoms with van der Waals surface area (Å²) in [5.74, 6) is -1.62. The van der Waals surface area contributed by atoms with Crippen molar-refractivity contribution >= 4 is 11.0 Å². The van der Waals surface area contributed by atoms with Crippen LogP contribution in [0.1, 0.15) is 19.8 Å². The number of halogens is 2. The third kappa shape index (κ3) is 1.71. The van der Waals surface area contributed by atoms with E-state index in [1.807, 2.05) is 0 Å².